The van der Waals surface area contributed by atoms with Gasteiger partial charge in [0.2, 0.25) is 5.82 Å². The van der Waals surface area contributed by atoms with Crippen molar-refractivity contribution in [2.45, 2.75) is 37.6 Å². The predicted molar refractivity (Wildman–Crippen MR) is 68.6 cm³/mol. The molecule has 1 aromatic heterocycles. The molecular formula is C12H19N3O6. The predicted octanol–water partition coefficient (Wildman–Crippen LogP) is -1.24. The zero-order chi connectivity index (χ0) is 15.6. The highest BCUT2D eigenvalue weighted by molar-refractivity contribution is 5.89. The second kappa shape index (κ2) is 6.58. The molecule has 9 nitrogen and oxygen atoms in total. The highest BCUT2D eigenvalue weighted by Crippen LogP contribution is 2.31. The van der Waals surface area contributed by atoms with Gasteiger partial charge in [0.15, 0.2) is 12.1 Å². The van der Waals surface area contributed by atoms with Crippen LogP contribution in [0.1, 0.15) is 23.6 Å². The minimum Gasteiger partial charge on any atom is -0.394 e. The molecule has 0 bridgehead atoms. The van der Waals surface area contributed by atoms with Crippen LogP contribution in [0.25, 0.3) is 0 Å². The van der Waals surface area contributed by atoms with Crippen LogP contribution in [0, 0.1) is 0 Å². The standard InChI is InChI=1S/C12H19N3O6/c1-6(17)11-13-5-15(14-11)8-10(19-2)9(18)7(4-16)21-12(8)20-3/h5,7-10,12,16,18H,4H2,1-3H3/t7-,8+,9-,10+,12+/m1/s1. The summed E-state index contributed by atoms with van der Waals surface area (Å²) < 4.78 is 17.4. The van der Waals surface area contributed by atoms with Crippen LogP contribution < -0.4 is 0 Å². The molecule has 0 spiro atoms. The van der Waals surface area contributed by atoms with Crippen LogP contribution in [0.5, 0.6) is 0 Å². The van der Waals surface area contributed by atoms with E-state index in [0.717, 1.165) is 0 Å². The smallest absolute Gasteiger partial charge is 0.216 e. The van der Waals surface area contributed by atoms with Gasteiger partial charge >= 0.3 is 0 Å². The number of Topliss-reactive ketones (excluding diaryl/α,β-unsaturated/α-hetero) is 1. The van der Waals surface area contributed by atoms with Crippen molar-refractivity contribution in [1.29, 1.82) is 0 Å². The molecule has 0 aromatic carbocycles. The summed E-state index contributed by atoms with van der Waals surface area (Å²) in [5.41, 5.74) is 0. The van der Waals surface area contributed by atoms with Gasteiger partial charge in [0.25, 0.3) is 0 Å². The lowest BCUT2D eigenvalue weighted by Crippen LogP contribution is -2.57. The Kier molecular flexibility index (Phi) is 5.01. The van der Waals surface area contributed by atoms with E-state index in [-0.39, 0.29) is 18.2 Å². The molecule has 21 heavy (non-hydrogen) atoms. The molecule has 1 aliphatic rings. The molecule has 0 saturated carbocycles. The summed E-state index contributed by atoms with van der Waals surface area (Å²) in [7, 11) is 2.86. The van der Waals surface area contributed by atoms with E-state index in [9.17, 15) is 15.0 Å². The van der Waals surface area contributed by atoms with Gasteiger partial charge < -0.3 is 24.4 Å². The summed E-state index contributed by atoms with van der Waals surface area (Å²) in [6.45, 7) is 0.985. The fourth-order valence-corrected chi connectivity index (χ4v) is 2.38. The Hall–Kier alpha value is -1.39. The Balaban J connectivity index is 2.34. The van der Waals surface area contributed by atoms with Crippen LogP contribution >= 0.6 is 0 Å². The van der Waals surface area contributed by atoms with Crippen LogP contribution in [0.2, 0.25) is 0 Å². The number of carbonyl (C=O) groups is 1. The molecule has 2 heterocycles. The molecule has 118 valence electrons. The summed E-state index contributed by atoms with van der Waals surface area (Å²) in [4.78, 5) is 15.2. The SMILES string of the molecule is CO[C@H]1O[C@H](CO)[C@@H](O)[C@@H](OC)[C@@H]1n1cnc(C(C)=O)n1. The van der Waals surface area contributed by atoms with Crippen molar-refractivity contribution in [2.75, 3.05) is 20.8 Å². The molecule has 5 atom stereocenters. The zero-order valence-electron chi connectivity index (χ0n) is 12.0. The van der Waals surface area contributed by atoms with Gasteiger partial charge in [-0.25, -0.2) is 9.67 Å². The minimum absolute atomic E-state index is 0.0541. The largest absolute Gasteiger partial charge is 0.394 e. The van der Waals surface area contributed by atoms with Gasteiger partial charge in [0.1, 0.15) is 30.7 Å². The number of carbonyl (C=O) groups excluding carboxylic acids is 1. The highest BCUT2D eigenvalue weighted by atomic mass is 16.7. The van der Waals surface area contributed by atoms with Crippen LogP contribution in [-0.4, -0.2) is 76.2 Å². The average Bonchev–Trinajstić information content (AvgIpc) is 2.96. The van der Waals surface area contributed by atoms with E-state index < -0.39 is 30.6 Å². The normalized spacial score (nSPS) is 33.1. The molecule has 1 saturated heterocycles. The summed E-state index contributed by atoms with van der Waals surface area (Å²) in [5, 5.41) is 23.5. The van der Waals surface area contributed by atoms with Crippen molar-refractivity contribution in [1.82, 2.24) is 14.8 Å². The highest BCUT2D eigenvalue weighted by Gasteiger charge is 2.47. The Morgan fingerprint density at radius 2 is 2.19 bits per heavy atom. The number of ether oxygens (including phenoxy) is 3. The molecule has 0 aliphatic carbocycles. The average molecular weight is 301 g/mol. The van der Waals surface area contributed by atoms with E-state index in [1.54, 1.807) is 0 Å². The maximum absolute atomic E-state index is 11.3. The summed E-state index contributed by atoms with van der Waals surface area (Å²) >= 11 is 0. The lowest BCUT2D eigenvalue weighted by Gasteiger charge is -2.42. The number of methoxy groups -OCH3 is 2. The number of aliphatic hydroxyl groups excluding tert-OH is 2. The first-order chi connectivity index (χ1) is 10.0. The van der Waals surface area contributed by atoms with Gasteiger partial charge in [-0.3, -0.25) is 4.79 Å². The van der Waals surface area contributed by atoms with Crippen LogP contribution in [0.4, 0.5) is 0 Å². The zero-order valence-corrected chi connectivity index (χ0v) is 12.0. The third-order valence-corrected chi connectivity index (χ3v) is 3.46. The van der Waals surface area contributed by atoms with Gasteiger partial charge in [-0.05, 0) is 0 Å². The van der Waals surface area contributed by atoms with Crippen molar-refractivity contribution in [3.8, 4) is 0 Å². The fourth-order valence-electron chi connectivity index (χ4n) is 2.38. The van der Waals surface area contributed by atoms with Crippen molar-refractivity contribution in [2.24, 2.45) is 0 Å². The lowest BCUT2D eigenvalue weighted by atomic mass is 9.97. The fraction of sp³-hybridized carbons (Fsp3) is 0.750. The first-order valence-corrected chi connectivity index (χ1v) is 6.45. The van der Waals surface area contributed by atoms with E-state index >= 15 is 0 Å². The Morgan fingerprint density at radius 3 is 2.67 bits per heavy atom. The molecular weight excluding hydrogens is 282 g/mol. The molecule has 2 rings (SSSR count). The topological polar surface area (TPSA) is 116 Å². The molecule has 1 fully saturated rings. The third-order valence-electron chi connectivity index (χ3n) is 3.46. The van der Waals surface area contributed by atoms with Crippen molar-refractivity contribution in [3.05, 3.63) is 12.2 Å². The molecule has 0 amide bonds. The third kappa shape index (κ3) is 2.97. The summed E-state index contributed by atoms with van der Waals surface area (Å²) in [6.07, 6.45) is -2.08. The Labute approximate surface area is 121 Å². The molecule has 1 aromatic rings. The second-order valence-corrected chi connectivity index (χ2v) is 4.75. The van der Waals surface area contributed by atoms with E-state index in [0.29, 0.717) is 0 Å². The van der Waals surface area contributed by atoms with Gasteiger partial charge in [-0.1, -0.05) is 0 Å². The van der Waals surface area contributed by atoms with E-state index in [1.165, 1.54) is 32.2 Å². The van der Waals surface area contributed by atoms with Crippen LogP contribution in [0.3, 0.4) is 0 Å². The molecule has 0 unspecified atom stereocenters. The number of aliphatic hydroxyl groups is 2. The first kappa shape index (κ1) is 16.0. The lowest BCUT2D eigenvalue weighted by molar-refractivity contribution is -0.278. The molecule has 1 aliphatic heterocycles. The Morgan fingerprint density at radius 1 is 1.48 bits per heavy atom. The second-order valence-electron chi connectivity index (χ2n) is 4.75. The maximum atomic E-state index is 11.3. The van der Waals surface area contributed by atoms with E-state index in [2.05, 4.69) is 10.1 Å². The molecule has 9 heteroatoms. The van der Waals surface area contributed by atoms with Crippen molar-refractivity contribution in [3.63, 3.8) is 0 Å². The van der Waals surface area contributed by atoms with Gasteiger partial charge in [-0.15, -0.1) is 5.10 Å². The summed E-state index contributed by atoms with van der Waals surface area (Å²) in [6, 6.07) is -0.640. The number of hydrogen-bond acceptors (Lipinski definition) is 8. The number of rotatable bonds is 5. The number of hydrogen-bond donors (Lipinski definition) is 2. The van der Waals surface area contributed by atoms with Crippen LogP contribution in [0.15, 0.2) is 6.33 Å². The number of aromatic nitrogens is 3. The van der Waals surface area contributed by atoms with Crippen molar-refractivity contribution >= 4 is 5.78 Å². The van der Waals surface area contributed by atoms with Gasteiger partial charge in [0.05, 0.1) is 6.61 Å². The van der Waals surface area contributed by atoms with E-state index in [1.807, 2.05) is 0 Å². The monoisotopic (exact) mass is 301 g/mol. The van der Waals surface area contributed by atoms with Gasteiger partial charge in [0, 0.05) is 21.1 Å². The molecule has 2 N–H and O–H groups in total. The number of nitrogens with zero attached hydrogens (tertiary/aromatic N) is 3. The first-order valence-electron chi connectivity index (χ1n) is 6.45. The minimum atomic E-state index is -1.07. The van der Waals surface area contributed by atoms with E-state index in [4.69, 9.17) is 14.2 Å². The maximum Gasteiger partial charge on any atom is 0.216 e. The number of ketones is 1. The molecule has 0 radical (unpaired) electrons. The van der Waals surface area contributed by atoms with Gasteiger partial charge in [-0.2, -0.15) is 0 Å². The van der Waals surface area contributed by atoms with Crippen LogP contribution in [-0.2, 0) is 14.2 Å². The quantitative estimate of drug-likeness (QED) is 0.649. The summed E-state index contributed by atoms with van der Waals surface area (Å²) in [5.74, 6) is -0.222. The van der Waals surface area contributed by atoms with Crippen molar-refractivity contribution < 1.29 is 29.2 Å². The Bertz CT molecular complexity index is 493.